The van der Waals surface area contributed by atoms with Gasteiger partial charge in [-0.15, -0.1) is 5.10 Å². The van der Waals surface area contributed by atoms with Crippen molar-refractivity contribution in [2.75, 3.05) is 33.2 Å². The number of hydrogen-bond acceptors (Lipinski definition) is 9. The summed E-state index contributed by atoms with van der Waals surface area (Å²) in [6.07, 6.45) is 0.218. The Morgan fingerprint density at radius 1 is 1.07 bits per heavy atom. The van der Waals surface area contributed by atoms with Crippen molar-refractivity contribution in [3.05, 3.63) is 12.1 Å². The fourth-order valence-corrected chi connectivity index (χ4v) is 2.70. The van der Waals surface area contributed by atoms with E-state index in [0.29, 0.717) is 22.8 Å². The lowest BCUT2D eigenvalue weighted by Crippen LogP contribution is -2.36. The lowest BCUT2D eigenvalue weighted by Gasteiger charge is -2.12. The number of nitrogens with zero attached hydrogens (tertiary/aromatic N) is 3. The molecular weight excluding hydrogens is 372 g/mol. The topological polar surface area (TPSA) is 133 Å². The lowest BCUT2D eigenvalue weighted by atomic mass is 10.2. The summed E-state index contributed by atoms with van der Waals surface area (Å²) in [6.45, 7) is -0.403. The molecule has 1 N–H and O–H groups in total. The van der Waals surface area contributed by atoms with E-state index in [1.165, 1.54) is 21.3 Å². The molecule has 1 aromatic heterocycles. The van der Waals surface area contributed by atoms with E-state index in [1.54, 1.807) is 12.1 Å². The number of aromatic nitrogens is 2. The van der Waals surface area contributed by atoms with Crippen LogP contribution < -0.4 is 19.5 Å². The molecule has 1 aliphatic rings. The van der Waals surface area contributed by atoms with Gasteiger partial charge in [0, 0.05) is 18.4 Å². The Balaban J connectivity index is 1.76. The van der Waals surface area contributed by atoms with E-state index < -0.39 is 12.5 Å². The Kier molecular flexibility index (Phi) is 5.43. The minimum absolute atomic E-state index is 0.0999. The van der Waals surface area contributed by atoms with Gasteiger partial charge in [-0.05, 0) is 12.1 Å². The molecule has 2 aromatic rings. The Hall–Kier alpha value is -3.63. The molecule has 11 heteroatoms. The van der Waals surface area contributed by atoms with Crippen molar-refractivity contribution >= 4 is 23.7 Å². The SMILES string of the molecule is COc1cc(-c2nnc(NC(=O)CN3C(=O)CCC3=O)o2)cc(OC)c1OC. The molecule has 0 bridgehead atoms. The van der Waals surface area contributed by atoms with E-state index in [4.69, 9.17) is 18.6 Å². The van der Waals surface area contributed by atoms with Crippen molar-refractivity contribution in [2.24, 2.45) is 0 Å². The number of benzene rings is 1. The first kappa shape index (κ1) is 19.1. The highest BCUT2D eigenvalue weighted by Crippen LogP contribution is 2.41. The first-order chi connectivity index (χ1) is 13.5. The van der Waals surface area contributed by atoms with Crippen LogP contribution in [0.5, 0.6) is 17.2 Å². The van der Waals surface area contributed by atoms with Gasteiger partial charge in [-0.1, -0.05) is 5.10 Å². The van der Waals surface area contributed by atoms with Crippen LogP contribution in [0.3, 0.4) is 0 Å². The monoisotopic (exact) mass is 390 g/mol. The summed E-state index contributed by atoms with van der Waals surface area (Å²) in [6, 6.07) is 3.05. The van der Waals surface area contributed by atoms with Gasteiger partial charge in [0.1, 0.15) is 6.54 Å². The van der Waals surface area contributed by atoms with Crippen LogP contribution >= 0.6 is 0 Å². The van der Waals surface area contributed by atoms with Crippen molar-refractivity contribution < 1.29 is 33.0 Å². The molecule has 1 aliphatic heterocycles. The van der Waals surface area contributed by atoms with Gasteiger partial charge >= 0.3 is 6.01 Å². The second-order valence-electron chi connectivity index (χ2n) is 5.75. The van der Waals surface area contributed by atoms with Crippen LogP contribution in [0, 0.1) is 0 Å². The first-order valence-electron chi connectivity index (χ1n) is 8.23. The molecule has 3 amide bonds. The van der Waals surface area contributed by atoms with Crippen molar-refractivity contribution in [3.8, 4) is 28.7 Å². The first-order valence-corrected chi connectivity index (χ1v) is 8.23. The maximum atomic E-state index is 12.0. The number of hydrogen-bond donors (Lipinski definition) is 1. The largest absolute Gasteiger partial charge is 0.493 e. The van der Waals surface area contributed by atoms with Crippen molar-refractivity contribution in [3.63, 3.8) is 0 Å². The fourth-order valence-electron chi connectivity index (χ4n) is 2.70. The highest BCUT2D eigenvalue weighted by atomic mass is 16.5. The second-order valence-corrected chi connectivity index (χ2v) is 5.75. The zero-order valence-corrected chi connectivity index (χ0v) is 15.5. The average molecular weight is 390 g/mol. The third-order valence-corrected chi connectivity index (χ3v) is 4.04. The van der Waals surface area contributed by atoms with Gasteiger partial charge in [-0.2, -0.15) is 0 Å². The van der Waals surface area contributed by atoms with Gasteiger partial charge in [-0.25, -0.2) is 0 Å². The van der Waals surface area contributed by atoms with E-state index in [2.05, 4.69) is 15.5 Å². The summed E-state index contributed by atoms with van der Waals surface area (Å²) in [4.78, 5) is 36.1. The van der Waals surface area contributed by atoms with Crippen molar-refractivity contribution in [1.29, 1.82) is 0 Å². The van der Waals surface area contributed by atoms with Crippen LogP contribution in [-0.2, 0) is 14.4 Å². The third kappa shape index (κ3) is 3.72. The number of imide groups is 1. The molecule has 0 unspecified atom stereocenters. The molecule has 0 atom stereocenters. The summed E-state index contributed by atoms with van der Waals surface area (Å²) in [5, 5.41) is 9.99. The number of likely N-dealkylation sites (tertiary alicyclic amines) is 1. The number of anilines is 1. The molecule has 2 heterocycles. The van der Waals surface area contributed by atoms with Gasteiger partial charge in [0.25, 0.3) is 0 Å². The van der Waals surface area contributed by atoms with E-state index in [1.807, 2.05) is 0 Å². The van der Waals surface area contributed by atoms with E-state index in [0.717, 1.165) is 4.90 Å². The number of carbonyl (C=O) groups excluding carboxylic acids is 3. The summed E-state index contributed by atoms with van der Waals surface area (Å²) >= 11 is 0. The molecule has 1 saturated heterocycles. The van der Waals surface area contributed by atoms with Crippen LogP contribution in [0.1, 0.15) is 12.8 Å². The smallest absolute Gasteiger partial charge is 0.322 e. The number of amides is 3. The quantitative estimate of drug-likeness (QED) is 0.683. The highest BCUT2D eigenvalue weighted by molar-refractivity contribution is 6.05. The third-order valence-electron chi connectivity index (χ3n) is 4.04. The standard InChI is InChI=1S/C17H18N4O7/c1-25-10-6-9(7-11(26-2)15(10)27-3)16-19-20-17(28-16)18-12(22)8-21-13(23)4-5-14(21)24/h6-7H,4-5,8H2,1-3H3,(H,18,20,22). The predicted molar refractivity (Wildman–Crippen MR) is 94.0 cm³/mol. The van der Waals surface area contributed by atoms with Crippen LogP contribution in [0.25, 0.3) is 11.5 Å². The predicted octanol–water partition coefficient (Wildman–Crippen LogP) is 0.850. The lowest BCUT2D eigenvalue weighted by molar-refractivity contribution is -0.141. The number of rotatable bonds is 7. The molecule has 0 spiro atoms. The summed E-state index contributed by atoms with van der Waals surface area (Å²) in [5.74, 6) is -0.0979. The van der Waals surface area contributed by atoms with Gasteiger partial charge in [0.05, 0.1) is 21.3 Å². The number of carbonyl (C=O) groups is 3. The summed E-state index contributed by atoms with van der Waals surface area (Å²) < 4.78 is 21.2. The van der Waals surface area contributed by atoms with Gasteiger partial charge in [-0.3, -0.25) is 24.6 Å². The number of ether oxygens (including phenoxy) is 3. The number of nitrogens with one attached hydrogen (secondary N) is 1. The zero-order chi connectivity index (χ0) is 20.3. The maximum Gasteiger partial charge on any atom is 0.322 e. The Morgan fingerprint density at radius 3 is 2.21 bits per heavy atom. The molecule has 0 radical (unpaired) electrons. The van der Waals surface area contributed by atoms with Crippen molar-refractivity contribution in [2.45, 2.75) is 12.8 Å². The fraction of sp³-hybridized carbons (Fsp3) is 0.353. The van der Waals surface area contributed by atoms with E-state index in [-0.39, 0.29) is 36.6 Å². The number of methoxy groups -OCH3 is 3. The van der Waals surface area contributed by atoms with Crippen LogP contribution in [-0.4, -0.2) is 60.7 Å². The molecule has 1 aromatic carbocycles. The second kappa shape index (κ2) is 7.94. The molecule has 0 saturated carbocycles. The minimum Gasteiger partial charge on any atom is -0.493 e. The van der Waals surface area contributed by atoms with Crippen LogP contribution in [0.2, 0.25) is 0 Å². The molecule has 148 valence electrons. The van der Waals surface area contributed by atoms with Gasteiger partial charge < -0.3 is 18.6 Å². The molecule has 1 fully saturated rings. The molecular formula is C17H18N4O7. The average Bonchev–Trinajstić information content (AvgIpc) is 3.28. The summed E-state index contributed by atoms with van der Waals surface area (Å²) in [7, 11) is 4.43. The Labute approximate surface area is 159 Å². The molecule has 3 rings (SSSR count). The zero-order valence-electron chi connectivity index (χ0n) is 15.5. The minimum atomic E-state index is -0.622. The molecule has 0 aliphatic carbocycles. The van der Waals surface area contributed by atoms with Crippen LogP contribution in [0.15, 0.2) is 16.5 Å². The summed E-state index contributed by atoms with van der Waals surface area (Å²) in [5.41, 5.74) is 0.479. The van der Waals surface area contributed by atoms with Gasteiger partial charge in [0.15, 0.2) is 11.5 Å². The van der Waals surface area contributed by atoms with Crippen LogP contribution in [0.4, 0.5) is 6.01 Å². The maximum absolute atomic E-state index is 12.0. The Bertz CT molecular complexity index is 883. The highest BCUT2D eigenvalue weighted by Gasteiger charge is 2.30. The molecule has 11 nitrogen and oxygen atoms in total. The van der Waals surface area contributed by atoms with Gasteiger partial charge in [0.2, 0.25) is 29.4 Å². The normalized spacial score (nSPS) is 13.6. The molecule has 28 heavy (non-hydrogen) atoms. The van der Waals surface area contributed by atoms with E-state index >= 15 is 0 Å². The Morgan fingerprint density at radius 2 is 1.68 bits per heavy atom. The van der Waals surface area contributed by atoms with E-state index in [9.17, 15) is 14.4 Å². The van der Waals surface area contributed by atoms with Crippen molar-refractivity contribution in [1.82, 2.24) is 15.1 Å².